The molecule has 206 valence electrons. The first-order valence-electron chi connectivity index (χ1n) is 14.3. The molecule has 2 fully saturated rings. The molecule has 39 heavy (non-hydrogen) atoms. The van der Waals surface area contributed by atoms with Gasteiger partial charge in [0.25, 0.3) is 0 Å². The van der Waals surface area contributed by atoms with Gasteiger partial charge in [0.15, 0.2) is 0 Å². The van der Waals surface area contributed by atoms with E-state index in [0.29, 0.717) is 5.88 Å². The fourth-order valence-corrected chi connectivity index (χ4v) is 5.61. The Morgan fingerprint density at radius 3 is 2.56 bits per heavy atom. The Bertz CT molecular complexity index is 1360. The van der Waals surface area contributed by atoms with Crippen molar-refractivity contribution in [2.24, 2.45) is 7.05 Å². The molecule has 1 N–H and O–H groups in total. The molecule has 1 aliphatic carbocycles. The van der Waals surface area contributed by atoms with Gasteiger partial charge in [-0.05, 0) is 36.6 Å². The molecule has 1 saturated heterocycles. The number of nitrogens with zero attached hydrogens (tertiary/aromatic N) is 4. The number of aromatic nitrogens is 3. The lowest BCUT2D eigenvalue weighted by atomic mass is 9.92. The molecule has 1 saturated carbocycles. The Labute approximate surface area is 230 Å². The Kier molecular flexibility index (Phi) is 8.35. The predicted octanol–water partition coefficient (Wildman–Crippen LogP) is 4.42. The third kappa shape index (κ3) is 6.25. The number of aryl methyl sites for hydroxylation is 1. The molecular weight excluding hydrogens is 490 g/mol. The number of ether oxygens (including phenoxy) is 3. The van der Waals surface area contributed by atoms with Gasteiger partial charge in [0.05, 0.1) is 11.6 Å². The summed E-state index contributed by atoms with van der Waals surface area (Å²) in [6.07, 6.45) is 10.0. The van der Waals surface area contributed by atoms with Crippen LogP contribution in [0.4, 0.5) is 0 Å². The molecule has 4 heterocycles. The fraction of sp³-hybridized carbons (Fsp3) is 0.484. The number of piperazine rings is 1. The van der Waals surface area contributed by atoms with E-state index in [1.54, 1.807) is 0 Å². The van der Waals surface area contributed by atoms with Gasteiger partial charge in [-0.2, -0.15) is 0 Å². The minimum Gasteiger partial charge on any atom is -0.474 e. The molecular formula is C31H39N5O3. The van der Waals surface area contributed by atoms with Crippen molar-refractivity contribution in [2.45, 2.75) is 37.9 Å². The van der Waals surface area contributed by atoms with E-state index in [4.69, 9.17) is 14.2 Å². The van der Waals surface area contributed by atoms with Crippen molar-refractivity contribution in [3.8, 4) is 17.0 Å². The molecule has 0 bridgehead atoms. The minimum atomic E-state index is 0.176. The number of rotatable bonds is 12. The first kappa shape index (κ1) is 26.2. The summed E-state index contributed by atoms with van der Waals surface area (Å²) in [6.45, 7) is 8.02. The second-order valence-electron chi connectivity index (χ2n) is 10.7. The number of benzene rings is 1. The highest BCUT2D eigenvalue weighted by Gasteiger charge is 2.31. The van der Waals surface area contributed by atoms with Gasteiger partial charge < -0.3 is 29.0 Å². The molecule has 1 aromatic carbocycles. The van der Waals surface area contributed by atoms with Gasteiger partial charge in [-0.15, -0.1) is 0 Å². The summed E-state index contributed by atoms with van der Waals surface area (Å²) < 4.78 is 20.1. The van der Waals surface area contributed by atoms with Crippen molar-refractivity contribution >= 4 is 21.8 Å². The van der Waals surface area contributed by atoms with Gasteiger partial charge in [-0.25, -0.2) is 4.98 Å². The number of fused-ring (bicyclic) bond motifs is 3. The summed E-state index contributed by atoms with van der Waals surface area (Å²) in [5.74, 6) is 0.674. The quantitative estimate of drug-likeness (QED) is 0.273. The maximum absolute atomic E-state index is 6.09. The highest BCUT2D eigenvalue weighted by Crippen LogP contribution is 2.32. The number of hydrogen-bond acceptors (Lipinski definition) is 7. The third-order valence-corrected chi connectivity index (χ3v) is 7.98. The van der Waals surface area contributed by atoms with Gasteiger partial charge in [0.2, 0.25) is 5.88 Å². The van der Waals surface area contributed by atoms with Crippen molar-refractivity contribution in [1.82, 2.24) is 24.8 Å². The monoisotopic (exact) mass is 529 g/mol. The Morgan fingerprint density at radius 1 is 0.872 bits per heavy atom. The van der Waals surface area contributed by atoms with Gasteiger partial charge in [-0.1, -0.05) is 12.1 Å². The fourth-order valence-electron chi connectivity index (χ4n) is 5.61. The van der Waals surface area contributed by atoms with Crippen LogP contribution >= 0.6 is 0 Å². The number of pyridine rings is 2. The van der Waals surface area contributed by atoms with Gasteiger partial charge in [0, 0.05) is 119 Å². The zero-order valence-electron chi connectivity index (χ0n) is 22.8. The topological polar surface area (TPSA) is 73.7 Å². The van der Waals surface area contributed by atoms with E-state index in [-0.39, 0.29) is 12.2 Å². The van der Waals surface area contributed by atoms with Crippen LogP contribution in [0, 0.1) is 0 Å². The summed E-state index contributed by atoms with van der Waals surface area (Å²) in [7, 11) is 2.10. The van der Waals surface area contributed by atoms with Crippen LogP contribution < -0.4 is 10.1 Å². The van der Waals surface area contributed by atoms with Gasteiger partial charge in [0.1, 0.15) is 6.10 Å². The normalized spacial score (nSPS) is 19.9. The maximum Gasteiger partial charge on any atom is 0.213 e. The molecule has 3 aromatic heterocycles. The van der Waals surface area contributed by atoms with Crippen LogP contribution in [0.25, 0.3) is 32.9 Å². The largest absolute Gasteiger partial charge is 0.474 e. The predicted molar refractivity (Wildman–Crippen MR) is 154 cm³/mol. The van der Waals surface area contributed by atoms with Crippen LogP contribution in [0.2, 0.25) is 0 Å². The summed E-state index contributed by atoms with van der Waals surface area (Å²) in [6, 6.07) is 12.7. The highest BCUT2D eigenvalue weighted by molar-refractivity contribution is 6.08. The van der Waals surface area contributed by atoms with Crippen LogP contribution in [0.3, 0.4) is 0 Å². The SMILES string of the molecule is Cn1c2ccncc2c2ccc(-c3ccc(O[C@H]4C[C@H](OCCCOCCCN5CCNCC5)C4)nc3)cc21. The van der Waals surface area contributed by atoms with Crippen molar-refractivity contribution < 1.29 is 14.2 Å². The molecule has 0 atom stereocenters. The Morgan fingerprint density at radius 2 is 1.72 bits per heavy atom. The number of hydrogen-bond donors (Lipinski definition) is 1. The molecule has 1 aliphatic heterocycles. The van der Waals surface area contributed by atoms with E-state index in [1.165, 1.54) is 21.8 Å². The van der Waals surface area contributed by atoms with Crippen LogP contribution in [-0.4, -0.2) is 84.2 Å². The molecule has 4 aromatic rings. The highest BCUT2D eigenvalue weighted by atomic mass is 16.5. The third-order valence-electron chi connectivity index (χ3n) is 7.98. The summed E-state index contributed by atoms with van der Waals surface area (Å²) >= 11 is 0. The van der Waals surface area contributed by atoms with E-state index < -0.39 is 0 Å². The van der Waals surface area contributed by atoms with E-state index in [9.17, 15) is 0 Å². The number of nitrogens with one attached hydrogen (secondary N) is 1. The van der Waals surface area contributed by atoms with E-state index >= 15 is 0 Å². The van der Waals surface area contributed by atoms with Gasteiger partial charge in [-0.3, -0.25) is 4.98 Å². The Balaban J connectivity index is 0.892. The molecule has 0 radical (unpaired) electrons. The Hall–Kier alpha value is -3.04. The van der Waals surface area contributed by atoms with Crippen molar-refractivity contribution in [3.05, 3.63) is 55.0 Å². The lowest BCUT2D eigenvalue weighted by molar-refractivity contribution is -0.0662. The molecule has 0 unspecified atom stereocenters. The second kappa shape index (κ2) is 12.4. The van der Waals surface area contributed by atoms with E-state index in [0.717, 1.165) is 89.4 Å². The molecule has 2 aliphatic rings. The lowest BCUT2D eigenvalue weighted by Gasteiger charge is -2.34. The summed E-state index contributed by atoms with van der Waals surface area (Å²) in [5.41, 5.74) is 4.59. The average molecular weight is 530 g/mol. The smallest absolute Gasteiger partial charge is 0.213 e. The first-order valence-corrected chi connectivity index (χ1v) is 14.3. The lowest BCUT2D eigenvalue weighted by Crippen LogP contribution is -2.43. The van der Waals surface area contributed by atoms with Crippen molar-refractivity contribution in [3.63, 3.8) is 0 Å². The summed E-state index contributed by atoms with van der Waals surface area (Å²) in [4.78, 5) is 11.4. The zero-order chi connectivity index (χ0) is 26.4. The molecule has 8 heteroatoms. The van der Waals surface area contributed by atoms with E-state index in [1.807, 2.05) is 24.7 Å². The van der Waals surface area contributed by atoms with Gasteiger partial charge >= 0.3 is 0 Å². The minimum absolute atomic E-state index is 0.176. The van der Waals surface area contributed by atoms with Crippen molar-refractivity contribution in [2.75, 3.05) is 52.5 Å². The maximum atomic E-state index is 6.09. The average Bonchev–Trinajstić information content (AvgIpc) is 3.25. The first-order chi connectivity index (χ1) is 19.2. The molecule has 0 amide bonds. The zero-order valence-corrected chi connectivity index (χ0v) is 22.8. The molecule has 0 spiro atoms. The van der Waals surface area contributed by atoms with Crippen LogP contribution in [0.15, 0.2) is 55.0 Å². The van der Waals surface area contributed by atoms with Crippen molar-refractivity contribution in [1.29, 1.82) is 0 Å². The second-order valence-corrected chi connectivity index (χ2v) is 10.7. The summed E-state index contributed by atoms with van der Waals surface area (Å²) in [5, 5.41) is 5.78. The van der Waals surface area contributed by atoms with Crippen LogP contribution in [0.1, 0.15) is 25.7 Å². The molecule has 6 rings (SSSR count). The molecule has 8 nitrogen and oxygen atoms in total. The van der Waals surface area contributed by atoms with Crippen LogP contribution in [-0.2, 0) is 16.5 Å². The van der Waals surface area contributed by atoms with Crippen LogP contribution in [0.5, 0.6) is 5.88 Å². The van der Waals surface area contributed by atoms with E-state index in [2.05, 4.69) is 62.1 Å². The standard InChI is InChI=1S/C31H39N5O3/c1-35-29-8-9-33-22-28(29)27-6-4-23(18-30(27)35)24-5-7-31(34-21-24)39-26-19-25(20-26)38-17-3-16-37-15-2-12-36-13-10-32-11-14-36/h4-9,18,21-22,25-26,32H,2-3,10-17,19-20H2,1H3/t25-,26-.